The minimum atomic E-state index is 0.281. The van der Waals surface area contributed by atoms with Gasteiger partial charge in [0.2, 0.25) is 0 Å². The monoisotopic (exact) mass is 267 g/mol. The lowest BCUT2D eigenvalue weighted by molar-refractivity contribution is -0.00523. The fourth-order valence-electron chi connectivity index (χ4n) is 2.64. The Bertz CT molecular complexity index is 420. The Hall–Kier alpha value is -0.650. The molecule has 5 heteroatoms. The minimum absolute atomic E-state index is 0.281. The largest absolute Gasteiger partial charge is 0.372 e. The first-order valence-electron chi connectivity index (χ1n) is 6.77. The van der Waals surface area contributed by atoms with Gasteiger partial charge < -0.3 is 15.4 Å². The van der Waals surface area contributed by atoms with Crippen LogP contribution in [0.15, 0.2) is 0 Å². The van der Waals surface area contributed by atoms with Crippen molar-refractivity contribution in [2.24, 2.45) is 5.73 Å². The maximum atomic E-state index is 5.84. The Morgan fingerprint density at radius 2 is 2.00 bits per heavy atom. The quantitative estimate of drug-likeness (QED) is 0.911. The third kappa shape index (κ3) is 2.39. The summed E-state index contributed by atoms with van der Waals surface area (Å²) in [5.41, 5.74) is 7.11. The summed E-state index contributed by atoms with van der Waals surface area (Å²) in [6, 6.07) is 0. The smallest absolute Gasteiger partial charge is 0.186 e. The van der Waals surface area contributed by atoms with Crippen LogP contribution >= 0.6 is 11.3 Å². The van der Waals surface area contributed by atoms with Crippen LogP contribution in [0.4, 0.5) is 5.13 Å². The first kappa shape index (κ1) is 12.4. The van der Waals surface area contributed by atoms with E-state index in [1.165, 1.54) is 23.4 Å². The molecule has 0 radical (unpaired) electrons. The van der Waals surface area contributed by atoms with Crippen LogP contribution in [0.25, 0.3) is 0 Å². The molecular formula is C13H21N3OS. The number of thiazole rings is 1. The van der Waals surface area contributed by atoms with Crippen LogP contribution in [-0.4, -0.2) is 30.3 Å². The second-order valence-electron chi connectivity index (χ2n) is 5.45. The number of nitrogens with zero attached hydrogens (tertiary/aromatic N) is 2. The van der Waals surface area contributed by atoms with Crippen LogP contribution in [-0.2, 0) is 11.3 Å². The molecule has 0 aromatic carbocycles. The standard InChI is InChI=1S/C13H21N3OS/c1-8-6-16(7-9(2)17-8)13-15-12(10-3-4-10)11(5-14)18-13/h8-10H,3-7,14H2,1-2H3/t8-,9+. The molecule has 1 aromatic heterocycles. The molecule has 1 aliphatic heterocycles. The fourth-order valence-corrected chi connectivity index (χ4v) is 3.68. The van der Waals surface area contributed by atoms with Gasteiger partial charge in [0.05, 0.1) is 17.9 Å². The van der Waals surface area contributed by atoms with Crippen LogP contribution in [0, 0.1) is 0 Å². The topological polar surface area (TPSA) is 51.4 Å². The van der Waals surface area contributed by atoms with Gasteiger partial charge in [-0.3, -0.25) is 0 Å². The van der Waals surface area contributed by atoms with Crippen molar-refractivity contribution in [1.82, 2.24) is 4.98 Å². The summed E-state index contributed by atoms with van der Waals surface area (Å²) in [7, 11) is 0. The molecule has 2 atom stereocenters. The van der Waals surface area contributed by atoms with Crippen molar-refractivity contribution < 1.29 is 4.74 Å². The zero-order chi connectivity index (χ0) is 12.7. The van der Waals surface area contributed by atoms with E-state index in [9.17, 15) is 0 Å². The Morgan fingerprint density at radius 3 is 2.56 bits per heavy atom. The molecule has 0 bridgehead atoms. The normalized spacial score (nSPS) is 28.7. The highest BCUT2D eigenvalue weighted by Gasteiger charge is 2.31. The molecule has 1 saturated heterocycles. The second kappa shape index (κ2) is 4.79. The van der Waals surface area contributed by atoms with Crippen LogP contribution in [0.1, 0.15) is 43.2 Å². The van der Waals surface area contributed by atoms with E-state index in [-0.39, 0.29) is 12.2 Å². The minimum Gasteiger partial charge on any atom is -0.372 e. The third-order valence-electron chi connectivity index (χ3n) is 3.56. The van der Waals surface area contributed by atoms with Gasteiger partial charge in [0, 0.05) is 30.4 Å². The molecule has 18 heavy (non-hydrogen) atoms. The molecule has 100 valence electrons. The third-order valence-corrected chi connectivity index (χ3v) is 4.71. The average Bonchev–Trinajstić information content (AvgIpc) is 3.07. The van der Waals surface area contributed by atoms with Crippen LogP contribution in [0.5, 0.6) is 0 Å². The molecular weight excluding hydrogens is 246 g/mol. The van der Waals surface area contributed by atoms with E-state index in [0.717, 1.165) is 18.2 Å². The van der Waals surface area contributed by atoms with Crippen molar-refractivity contribution in [1.29, 1.82) is 0 Å². The number of aromatic nitrogens is 1. The number of ether oxygens (including phenoxy) is 1. The maximum absolute atomic E-state index is 5.84. The van der Waals surface area contributed by atoms with Crippen molar-refractivity contribution in [3.63, 3.8) is 0 Å². The van der Waals surface area contributed by atoms with E-state index >= 15 is 0 Å². The maximum Gasteiger partial charge on any atom is 0.186 e. The molecule has 2 N–H and O–H groups in total. The van der Waals surface area contributed by atoms with Crippen molar-refractivity contribution in [2.45, 2.75) is 51.4 Å². The SMILES string of the molecule is C[C@@H]1CN(c2nc(C3CC3)c(CN)s2)C[C@H](C)O1. The molecule has 0 unspecified atom stereocenters. The van der Waals surface area contributed by atoms with Crippen molar-refractivity contribution in [3.8, 4) is 0 Å². The lowest BCUT2D eigenvalue weighted by atomic mass is 10.2. The summed E-state index contributed by atoms with van der Waals surface area (Å²) in [6.07, 6.45) is 3.13. The van der Waals surface area contributed by atoms with E-state index in [2.05, 4.69) is 18.7 Å². The fraction of sp³-hybridized carbons (Fsp3) is 0.769. The van der Waals surface area contributed by atoms with Gasteiger partial charge in [-0.2, -0.15) is 0 Å². The lowest BCUT2D eigenvalue weighted by Gasteiger charge is -2.35. The molecule has 3 rings (SSSR count). The Labute approximate surface area is 112 Å². The van der Waals surface area contributed by atoms with Gasteiger partial charge in [-0.15, -0.1) is 11.3 Å². The van der Waals surface area contributed by atoms with E-state index in [0.29, 0.717) is 12.5 Å². The van der Waals surface area contributed by atoms with Gasteiger partial charge in [0.1, 0.15) is 0 Å². The lowest BCUT2D eigenvalue weighted by Crippen LogP contribution is -2.45. The van der Waals surface area contributed by atoms with Crippen LogP contribution in [0.2, 0.25) is 0 Å². The predicted molar refractivity (Wildman–Crippen MR) is 74.2 cm³/mol. The number of hydrogen-bond donors (Lipinski definition) is 1. The number of hydrogen-bond acceptors (Lipinski definition) is 5. The van der Waals surface area contributed by atoms with Crippen LogP contribution in [0.3, 0.4) is 0 Å². The molecule has 0 amide bonds. The zero-order valence-corrected chi connectivity index (χ0v) is 11.9. The average molecular weight is 267 g/mol. The van der Waals surface area contributed by atoms with E-state index in [1.807, 2.05) is 0 Å². The zero-order valence-electron chi connectivity index (χ0n) is 11.1. The summed E-state index contributed by atoms with van der Waals surface area (Å²) in [4.78, 5) is 8.48. The summed E-state index contributed by atoms with van der Waals surface area (Å²) >= 11 is 1.77. The molecule has 2 fully saturated rings. The van der Waals surface area contributed by atoms with Gasteiger partial charge in [-0.05, 0) is 26.7 Å². The predicted octanol–water partition coefficient (Wildman–Crippen LogP) is 2.09. The molecule has 0 spiro atoms. The Kier molecular flexibility index (Phi) is 3.30. The molecule has 2 heterocycles. The number of morpholine rings is 1. The Morgan fingerprint density at radius 1 is 1.33 bits per heavy atom. The first-order valence-corrected chi connectivity index (χ1v) is 7.59. The van der Waals surface area contributed by atoms with Crippen LogP contribution < -0.4 is 10.6 Å². The molecule has 4 nitrogen and oxygen atoms in total. The van der Waals surface area contributed by atoms with E-state index < -0.39 is 0 Å². The van der Waals surface area contributed by atoms with E-state index in [4.69, 9.17) is 15.5 Å². The number of rotatable bonds is 3. The highest BCUT2D eigenvalue weighted by atomic mass is 32.1. The second-order valence-corrected chi connectivity index (χ2v) is 6.51. The summed E-state index contributed by atoms with van der Waals surface area (Å²) < 4.78 is 5.77. The van der Waals surface area contributed by atoms with Gasteiger partial charge in [-0.1, -0.05) is 0 Å². The van der Waals surface area contributed by atoms with Gasteiger partial charge in [-0.25, -0.2) is 4.98 Å². The summed E-state index contributed by atoms with van der Waals surface area (Å²) in [6.45, 7) is 6.75. The molecule has 1 aliphatic carbocycles. The first-order chi connectivity index (χ1) is 8.67. The highest BCUT2D eigenvalue weighted by Crippen LogP contribution is 2.44. The highest BCUT2D eigenvalue weighted by molar-refractivity contribution is 7.15. The Balaban J connectivity index is 1.82. The van der Waals surface area contributed by atoms with Gasteiger partial charge in [0.15, 0.2) is 5.13 Å². The van der Waals surface area contributed by atoms with Crippen molar-refractivity contribution in [2.75, 3.05) is 18.0 Å². The summed E-state index contributed by atoms with van der Waals surface area (Å²) in [5.74, 6) is 0.685. The van der Waals surface area contributed by atoms with Gasteiger partial charge >= 0.3 is 0 Å². The van der Waals surface area contributed by atoms with E-state index in [1.54, 1.807) is 11.3 Å². The number of anilines is 1. The molecule has 1 aromatic rings. The van der Waals surface area contributed by atoms with Crippen molar-refractivity contribution >= 4 is 16.5 Å². The molecule has 2 aliphatic rings. The molecule has 1 saturated carbocycles. The summed E-state index contributed by atoms with van der Waals surface area (Å²) in [5, 5.41) is 1.14. The number of nitrogens with two attached hydrogens (primary N) is 1. The van der Waals surface area contributed by atoms with Crippen molar-refractivity contribution in [3.05, 3.63) is 10.6 Å². The van der Waals surface area contributed by atoms with Gasteiger partial charge in [0.25, 0.3) is 0 Å².